The Morgan fingerprint density at radius 2 is 1.08 bits per heavy atom. The van der Waals surface area contributed by atoms with Gasteiger partial charge in [0, 0.05) is 11.1 Å². The van der Waals surface area contributed by atoms with E-state index >= 15 is 9.59 Å². The number of carbonyl (C=O) groups is 6. The monoisotopic (exact) mass is 698 g/mol. The Morgan fingerprint density at radius 1 is 0.714 bits per heavy atom. The van der Waals surface area contributed by atoms with Crippen LogP contribution in [0.5, 0.6) is 11.5 Å². The third-order valence-electron chi connectivity index (χ3n) is 10.3. The Morgan fingerprint density at radius 3 is 1.43 bits per heavy atom. The molecule has 0 spiro atoms. The average molecular weight is 699 g/mol. The molecule has 0 radical (unpaired) electrons. The highest BCUT2D eigenvalue weighted by molar-refractivity contribution is 8.03. The van der Waals surface area contributed by atoms with Gasteiger partial charge in [-0.25, -0.2) is 0 Å². The van der Waals surface area contributed by atoms with Crippen molar-refractivity contribution in [3.05, 3.63) is 58.7 Å². The van der Waals surface area contributed by atoms with Gasteiger partial charge in [-0.2, -0.15) is 0 Å². The van der Waals surface area contributed by atoms with Crippen LogP contribution in [0.1, 0.15) is 81.0 Å². The molecule has 0 amide bonds. The second kappa shape index (κ2) is 11.7. The number of thioether (sulfide) groups is 1. The van der Waals surface area contributed by atoms with Crippen molar-refractivity contribution < 1.29 is 68.1 Å². The average Bonchev–Trinajstić information content (AvgIpc) is 3.06. The molecule has 2 aliphatic carbocycles. The van der Waals surface area contributed by atoms with Gasteiger partial charge in [-0.1, -0.05) is 24.3 Å². The zero-order chi connectivity index (χ0) is 35.8. The van der Waals surface area contributed by atoms with Crippen LogP contribution in [-0.4, -0.2) is 115 Å². The second-order valence-corrected chi connectivity index (χ2v) is 14.4. The van der Waals surface area contributed by atoms with Gasteiger partial charge in [0.2, 0.25) is 11.6 Å². The summed E-state index contributed by atoms with van der Waals surface area (Å²) < 4.78 is 16.6. The van der Waals surface area contributed by atoms with Gasteiger partial charge in [0.15, 0.2) is 22.8 Å². The summed E-state index contributed by atoms with van der Waals surface area (Å²) in [5.41, 5.74) is -7.33. The van der Waals surface area contributed by atoms with E-state index in [2.05, 4.69) is 0 Å². The Bertz CT molecular complexity index is 1690. The van der Waals surface area contributed by atoms with Gasteiger partial charge in [-0.05, 0) is 38.8 Å². The minimum absolute atomic E-state index is 0.313. The van der Waals surface area contributed by atoms with Crippen LogP contribution < -0.4 is 0 Å². The summed E-state index contributed by atoms with van der Waals surface area (Å²) in [6, 6.07) is 7.44. The summed E-state index contributed by atoms with van der Waals surface area (Å²) in [7, 11) is 2.26. The maximum Gasteiger partial charge on any atom is 0.308 e. The van der Waals surface area contributed by atoms with E-state index in [1.165, 1.54) is 38.1 Å². The van der Waals surface area contributed by atoms with Crippen molar-refractivity contribution >= 4 is 46.8 Å². The maximum absolute atomic E-state index is 15.0. The molecule has 0 saturated carbocycles. The minimum Gasteiger partial charge on any atom is -0.507 e. The predicted molar refractivity (Wildman–Crippen MR) is 168 cm³/mol. The summed E-state index contributed by atoms with van der Waals surface area (Å²) in [6.45, 7) is 2.57. The maximum atomic E-state index is 15.0. The number of fused-ring (bicyclic) bond motifs is 4. The normalized spacial score (nSPS) is 35.1. The minimum atomic E-state index is -2.86. The third-order valence-corrected chi connectivity index (χ3v) is 12.3. The standard InChI is InChI=1S/C34H34O14S/c1-15-33(43)29(41)25-19(7-5-9-21(25)35)27(39)31(33,13-17(47-15)11-23(37)45-3)49-32-14-18(12-24(38)46-4)48-16(2)34(32,44)30(42)26-20(28(32)40)8-6-10-22(26)36/h5-10,15-18,35-36,43-44H,11-14H2,1-4H3/t15-,16-,17-,18-,31+,32+,33+,34+/m0/s1. The van der Waals surface area contributed by atoms with E-state index in [0.717, 1.165) is 26.4 Å². The molecule has 2 aliphatic heterocycles. The van der Waals surface area contributed by atoms with E-state index in [1.807, 2.05) is 0 Å². The second-order valence-electron chi connectivity index (χ2n) is 12.8. The van der Waals surface area contributed by atoms with Crippen LogP contribution in [0.15, 0.2) is 36.4 Å². The molecule has 15 heteroatoms. The SMILES string of the molecule is COC(=O)C[C@H]1C[C@@]2(S[C@@]34C[C@H](CC(=O)OC)O[C@@H](C)[C@@]3(O)C(=O)c3c(O)cccc3C4=O)C(=O)c3cccc(O)c3C(=O)[C@]2(O)[C@H](C)O1. The van der Waals surface area contributed by atoms with E-state index in [0.29, 0.717) is 11.8 Å². The first kappa shape index (κ1) is 34.7. The van der Waals surface area contributed by atoms with Crippen LogP contribution in [0, 0.1) is 0 Å². The van der Waals surface area contributed by atoms with Gasteiger partial charge in [0.25, 0.3) is 0 Å². The number of ether oxygens (including phenoxy) is 4. The molecule has 2 aromatic rings. The first-order chi connectivity index (χ1) is 23.0. The number of aromatic hydroxyl groups is 2. The number of benzene rings is 2. The lowest BCUT2D eigenvalue weighted by Gasteiger charge is -2.61. The van der Waals surface area contributed by atoms with Crippen LogP contribution >= 0.6 is 11.8 Å². The molecule has 4 N–H and O–H groups in total. The zero-order valence-corrected chi connectivity index (χ0v) is 27.7. The van der Waals surface area contributed by atoms with Crippen LogP contribution in [-0.2, 0) is 28.5 Å². The predicted octanol–water partition coefficient (Wildman–Crippen LogP) is 1.71. The number of phenolic OH excluding ortho intramolecular Hbond substituents is 2. The van der Waals surface area contributed by atoms with Crippen LogP contribution in [0.4, 0.5) is 0 Å². The van der Waals surface area contributed by atoms with Crippen molar-refractivity contribution in [1.29, 1.82) is 0 Å². The van der Waals surface area contributed by atoms with Crippen molar-refractivity contribution in [2.75, 3.05) is 14.2 Å². The molecular formula is C34H34O14S. The zero-order valence-electron chi connectivity index (χ0n) is 26.9. The number of rotatable bonds is 6. The van der Waals surface area contributed by atoms with Gasteiger partial charge < -0.3 is 39.4 Å². The van der Waals surface area contributed by atoms with E-state index in [9.17, 15) is 39.6 Å². The van der Waals surface area contributed by atoms with Crippen molar-refractivity contribution in [3.8, 4) is 11.5 Å². The largest absolute Gasteiger partial charge is 0.507 e. The molecule has 49 heavy (non-hydrogen) atoms. The molecule has 0 unspecified atom stereocenters. The van der Waals surface area contributed by atoms with E-state index in [-0.39, 0.29) is 11.1 Å². The fourth-order valence-electron chi connectivity index (χ4n) is 7.91. The third kappa shape index (κ3) is 4.55. The number of hydrogen-bond acceptors (Lipinski definition) is 15. The number of ketones is 4. The first-order valence-electron chi connectivity index (χ1n) is 15.5. The number of Topliss-reactive ketones (excluding diaryl/α,β-unsaturated/α-hetero) is 4. The molecule has 0 bridgehead atoms. The summed E-state index contributed by atoms with van der Waals surface area (Å²) >= 11 is 0.381. The Kier molecular flexibility index (Phi) is 8.31. The van der Waals surface area contributed by atoms with Crippen molar-refractivity contribution in [2.45, 2.75) is 84.6 Å². The Labute approximate surface area is 283 Å². The fraction of sp³-hybridized carbons (Fsp3) is 0.471. The molecule has 2 fully saturated rings. The lowest BCUT2D eigenvalue weighted by atomic mass is 9.63. The molecule has 2 saturated heterocycles. The molecule has 14 nitrogen and oxygen atoms in total. The van der Waals surface area contributed by atoms with E-state index in [4.69, 9.17) is 18.9 Å². The molecular weight excluding hydrogens is 664 g/mol. The fourth-order valence-corrected chi connectivity index (χ4v) is 10.3. The van der Waals surface area contributed by atoms with Crippen LogP contribution in [0.2, 0.25) is 0 Å². The summed E-state index contributed by atoms with van der Waals surface area (Å²) in [5.74, 6) is -6.87. The first-order valence-corrected chi connectivity index (χ1v) is 16.3. The number of hydrogen-bond donors (Lipinski definition) is 4. The van der Waals surface area contributed by atoms with Crippen molar-refractivity contribution in [2.24, 2.45) is 0 Å². The van der Waals surface area contributed by atoms with Crippen LogP contribution in [0.3, 0.4) is 0 Å². The lowest BCUT2D eigenvalue weighted by molar-refractivity contribution is -0.173. The molecule has 2 aromatic carbocycles. The van der Waals surface area contributed by atoms with E-state index in [1.54, 1.807) is 0 Å². The smallest absolute Gasteiger partial charge is 0.308 e. The molecule has 6 rings (SSSR count). The van der Waals surface area contributed by atoms with Gasteiger partial charge in [0.05, 0.1) is 62.6 Å². The highest BCUT2D eigenvalue weighted by atomic mass is 32.2. The topological polar surface area (TPSA) is 220 Å². The van der Waals surface area contributed by atoms with Crippen LogP contribution in [0.25, 0.3) is 0 Å². The summed E-state index contributed by atoms with van der Waals surface area (Å²) in [4.78, 5) is 83.9. The lowest BCUT2D eigenvalue weighted by Crippen LogP contribution is -2.79. The molecule has 4 aliphatic rings. The molecule has 260 valence electrons. The number of esters is 2. The highest BCUT2D eigenvalue weighted by Gasteiger charge is 2.78. The molecule has 0 aromatic heterocycles. The van der Waals surface area contributed by atoms with E-state index < -0.39 is 128 Å². The molecule has 8 atom stereocenters. The van der Waals surface area contributed by atoms with Crippen molar-refractivity contribution in [3.63, 3.8) is 0 Å². The molecule has 2 heterocycles. The summed E-state index contributed by atoms with van der Waals surface area (Å²) in [6.07, 6.45) is -7.60. The van der Waals surface area contributed by atoms with Gasteiger partial charge in [0.1, 0.15) is 21.0 Å². The van der Waals surface area contributed by atoms with Gasteiger partial charge in [-0.15, -0.1) is 11.8 Å². The van der Waals surface area contributed by atoms with Crippen molar-refractivity contribution in [1.82, 2.24) is 0 Å². The highest BCUT2D eigenvalue weighted by Crippen LogP contribution is 2.64. The Hall–Kier alpha value is -4.15. The Balaban J connectivity index is 1.66. The number of aliphatic hydroxyl groups is 2. The summed E-state index contributed by atoms with van der Waals surface area (Å²) in [5, 5.41) is 46.8. The number of carbonyl (C=O) groups excluding carboxylic acids is 6. The van der Waals surface area contributed by atoms with Gasteiger partial charge in [-0.3, -0.25) is 28.8 Å². The number of phenols is 2. The quantitative estimate of drug-likeness (QED) is 0.316. The number of methoxy groups -OCH3 is 2. The van der Waals surface area contributed by atoms with Gasteiger partial charge >= 0.3 is 11.9 Å².